The molecule has 7 heteroatoms. The molecule has 1 fully saturated rings. The van der Waals surface area contributed by atoms with Gasteiger partial charge in [0.25, 0.3) is 0 Å². The summed E-state index contributed by atoms with van der Waals surface area (Å²) >= 11 is 16.5. The Morgan fingerprint density at radius 1 is 0.865 bits per heavy atom. The van der Waals surface area contributed by atoms with Gasteiger partial charge >= 0.3 is 0 Å². The van der Waals surface area contributed by atoms with E-state index in [2.05, 4.69) is 26.6 Å². The topological polar surface area (TPSA) is 58.2 Å². The van der Waals surface area contributed by atoms with E-state index < -0.39 is 17.4 Å². The first-order valence-corrected chi connectivity index (χ1v) is 13.4. The van der Waals surface area contributed by atoms with Crippen LogP contribution in [-0.4, -0.2) is 11.7 Å². The molecule has 2 aliphatic rings. The predicted octanol–water partition coefficient (Wildman–Crippen LogP) is 7.53. The normalized spacial score (nSPS) is 24.2. The Labute approximate surface area is 233 Å². The average Bonchev–Trinajstić information content (AvgIpc) is 3.40. The van der Waals surface area contributed by atoms with E-state index in [9.17, 15) is 9.59 Å². The minimum atomic E-state index is -1.32. The largest absolute Gasteiger partial charge is 0.324 e. The summed E-state index contributed by atoms with van der Waals surface area (Å²) in [7, 11) is 0. The fourth-order valence-corrected chi connectivity index (χ4v) is 6.59. The monoisotopic (exact) mass is 590 g/mol. The van der Waals surface area contributed by atoms with Gasteiger partial charge in [0.05, 0.1) is 5.92 Å². The lowest BCUT2D eigenvalue weighted by atomic mass is 9.69. The summed E-state index contributed by atoms with van der Waals surface area (Å²) in [4.78, 5) is 28.5. The van der Waals surface area contributed by atoms with Crippen molar-refractivity contribution in [3.63, 3.8) is 0 Å². The molecular weight excluding hydrogens is 571 g/mol. The third kappa shape index (κ3) is 3.93. The summed E-state index contributed by atoms with van der Waals surface area (Å²) in [6.07, 6.45) is 0. The molecule has 4 aromatic carbocycles. The Bertz CT molecular complexity index is 1530. The van der Waals surface area contributed by atoms with Gasteiger partial charge in [-0.3, -0.25) is 14.9 Å². The number of amides is 1. The number of carbonyl (C=O) groups is 2. The van der Waals surface area contributed by atoms with E-state index >= 15 is 0 Å². The molecule has 6 rings (SSSR count). The zero-order valence-electron chi connectivity index (χ0n) is 19.4. The van der Waals surface area contributed by atoms with Gasteiger partial charge in [-0.15, -0.1) is 0 Å². The lowest BCUT2D eigenvalue weighted by Gasteiger charge is -2.31. The molecule has 1 amide bonds. The van der Waals surface area contributed by atoms with Crippen LogP contribution >= 0.6 is 39.1 Å². The molecule has 2 heterocycles. The second kappa shape index (κ2) is 9.41. The highest BCUT2D eigenvalue weighted by molar-refractivity contribution is 9.10. The molecule has 4 aromatic rings. The van der Waals surface area contributed by atoms with E-state index in [0.717, 1.165) is 21.2 Å². The van der Waals surface area contributed by atoms with Crippen molar-refractivity contribution in [3.8, 4) is 0 Å². The molecule has 1 spiro atoms. The van der Waals surface area contributed by atoms with Crippen LogP contribution in [0.2, 0.25) is 10.0 Å². The van der Waals surface area contributed by atoms with Gasteiger partial charge in [0, 0.05) is 43.3 Å². The molecule has 1 saturated heterocycles. The second-order valence-electron chi connectivity index (χ2n) is 9.38. The third-order valence-electron chi connectivity index (χ3n) is 7.41. The van der Waals surface area contributed by atoms with Gasteiger partial charge in [0.15, 0.2) is 5.78 Å². The first-order chi connectivity index (χ1) is 17.9. The van der Waals surface area contributed by atoms with Crippen molar-refractivity contribution in [2.45, 2.75) is 17.5 Å². The SMILES string of the molecule is O=C(c1ccc(Cl)cc1)C1[C@H](c2ccccc2Cl)[C@@H](c2ccccc2)NC12C(=O)Nc1ccc(Br)cc12. The van der Waals surface area contributed by atoms with E-state index in [1.807, 2.05) is 72.8 Å². The predicted molar refractivity (Wildman–Crippen MR) is 150 cm³/mol. The van der Waals surface area contributed by atoms with Gasteiger partial charge in [0.1, 0.15) is 5.54 Å². The second-order valence-corrected chi connectivity index (χ2v) is 11.1. The number of halogens is 3. The number of anilines is 1. The smallest absolute Gasteiger partial charge is 0.250 e. The maximum absolute atomic E-state index is 14.5. The standard InChI is InChI=1S/C30H21BrCl2N2O2/c31-19-12-15-24-22(16-19)30(29(37)34-24)26(28(36)18-10-13-20(32)14-11-18)25(21-8-4-5-9-23(21)33)27(35-30)17-6-2-1-3-7-17/h1-16,25-27,35H,(H,34,37)/t25-,26?,27+,30?/m0/s1. The fraction of sp³-hybridized carbons (Fsp3) is 0.133. The van der Waals surface area contributed by atoms with E-state index in [0.29, 0.717) is 21.3 Å². The van der Waals surface area contributed by atoms with Crippen LogP contribution in [0.25, 0.3) is 0 Å². The minimum Gasteiger partial charge on any atom is -0.324 e. The molecule has 0 radical (unpaired) electrons. The average molecular weight is 592 g/mol. The first kappa shape index (κ1) is 24.4. The van der Waals surface area contributed by atoms with Crippen molar-refractivity contribution in [2.75, 3.05) is 5.32 Å². The zero-order valence-corrected chi connectivity index (χ0v) is 22.5. The molecule has 4 nitrogen and oxygen atoms in total. The molecule has 4 atom stereocenters. The van der Waals surface area contributed by atoms with E-state index in [4.69, 9.17) is 23.2 Å². The van der Waals surface area contributed by atoms with Crippen molar-refractivity contribution in [3.05, 3.63) is 134 Å². The molecule has 184 valence electrons. The number of nitrogens with one attached hydrogen (secondary N) is 2. The fourth-order valence-electron chi connectivity index (χ4n) is 5.84. The molecule has 2 N–H and O–H groups in total. The van der Waals surface area contributed by atoms with Crippen molar-refractivity contribution in [1.29, 1.82) is 0 Å². The van der Waals surface area contributed by atoms with Gasteiger partial charge in [-0.2, -0.15) is 0 Å². The van der Waals surface area contributed by atoms with Crippen LogP contribution in [0.4, 0.5) is 5.69 Å². The van der Waals surface area contributed by atoms with Crippen LogP contribution < -0.4 is 10.6 Å². The van der Waals surface area contributed by atoms with Gasteiger partial charge in [-0.1, -0.05) is 87.7 Å². The lowest BCUT2D eigenvalue weighted by molar-refractivity contribution is -0.122. The number of fused-ring (bicyclic) bond motifs is 2. The van der Waals surface area contributed by atoms with Crippen molar-refractivity contribution in [2.24, 2.45) is 5.92 Å². The van der Waals surface area contributed by atoms with Gasteiger partial charge in [-0.05, 0) is 59.7 Å². The third-order valence-corrected chi connectivity index (χ3v) is 8.50. The Hall–Kier alpha value is -2.96. The minimum absolute atomic E-state index is 0.157. The first-order valence-electron chi connectivity index (χ1n) is 11.9. The van der Waals surface area contributed by atoms with Gasteiger partial charge < -0.3 is 5.32 Å². The summed E-state index contributed by atoms with van der Waals surface area (Å²) in [5.41, 5.74) is 2.36. The van der Waals surface area contributed by atoms with Crippen molar-refractivity contribution in [1.82, 2.24) is 5.32 Å². The van der Waals surface area contributed by atoms with E-state index in [1.165, 1.54) is 0 Å². The highest BCUT2D eigenvalue weighted by Crippen LogP contribution is 2.58. The van der Waals surface area contributed by atoms with Crippen molar-refractivity contribution < 1.29 is 9.59 Å². The molecule has 0 aliphatic carbocycles. The van der Waals surface area contributed by atoms with Crippen LogP contribution in [0.1, 0.15) is 39.0 Å². The maximum atomic E-state index is 14.5. The molecule has 0 aromatic heterocycles. The molecular formula is C30H21BrCl2N2O2. The quantitative estimate of drug-likeness (QED) is 0.241. The molecule has 2 unspecified atom stereocenters. The van der Waals surface area contributed by atoms with E-state index in [-0.39, 0.29) is 17.7 Å². The number of rotatable bonds is 4. The summed E-state index contributed by atoms with van der Waals surface area (Å²) in [6.45, 7) is 0. The molecule has 0 saturated carbocycles. The Balaban J connectivity index is 1.65. The number of hydrogen-bond donors (Lipinski definition) is 2. The summed E-state index contributed by atoms with van der Waals surface area (Å²) in [5, 5.41) is 7.78. The summed E-state index contributed by atoms with van der Waals surface area (Å²) in [5.74, 6) is -1.65. The number of ketones is 1. The van der Waals surface area contributed by atoms with Gasteiger partial charge in [0.2, 0.25) is 5.91 Å². The Morgan fingerprint density at radius 2 is 1.57 bits per heavy atom. The summed E-state index contributed by atoms with van der Waals surface area (Å²) < 4.78 is 0.819. The Morgan fingerprint density at radius 3 is 2.30 bits per heavy atom. The number of carbonyl (C=O) groups excluding carboxylic acids is 2. The lowest BCUT2D eigenvalue weighted by Crippen LogP contribution is -2.50. The van der Waals surface area contributed by atoms with Crippen LogP contribution in [0.5, 0.6) is 0 Å². The number of Topliss-reactive ketones (excluding diaryl/α,β-unsaturated/α-hetero) is 1. The van der Waals surface area contributed by atoms with Crippen LogP contribution in [0.15, 0.2) is 102 Å². The summed E-state index contributed by atoms with van der Waals surface area (Å²) in [6, 6.07) is 29.6. The highest BCUT2D eigenvalue weighted by Gasteiger charge is 2.64. The molecule has 2 aliphatic heterocycles. The maximum Gasteiger partial charge on any atom is 0.250 e. The van der Waals surface area contributed by atoms with Crippen LogP contribution in [0.3, 0.4) is 0 Å². The van der Waals surface area contributed by atoms with Crippen molar-refractivity contribution >= 4 is 56.5 Å². The number of hydrogen-bond acceptors (Lipinski definition) is 3. The Kier molecular flexibility index (Phi) is 6.20. The van der Waals surface area contributed by atoms with Gasteiger partial charge in [-0.25, -0.2) is 0 Å². The molecule has 37 heavy (non-hydrogen) atoms. The molecule has 0 bridgehead atoms. The van der Waals surface area contributed by atoms with Crippen LogP contribution in [0, 0.1) is 5.92 Å². The highest BCUT2D eigenvalue weighted by atomic mass is 79.9. The zero-order chi connectivity index (χ0) is 25.7. The van der Waals surface area contributed by atoms with E-state index in [1.54, 1.807) is 24.3 Å². The van der Waals surface area contributed by atoms with Crippen LogP contribution in [-0.2, 0) is 10.3 Å². The number of benzene rings is 4.